The zero-order valence-electron chi connectivity index (χ0n) is 13.5. The topological polar surface area (TPSA) is 9.72 Å². The summed E-state index contributed by atoms with van der Waals surface area (Å²) in [5, 5.41) is 0.371. The summed E-state index contributed by atoms with van der Waals surface area (Å²) in [6.07, 6.45) is -4.86. The van der Waals surface area contributed by atoms with Gasteiger partial charge in [-0.2, -0.15) is 10.1 Å². The SMILES string of the molecule is FN(c1ccccc1)N(c1ccccc1)N(c1ccccc1)C(F)(F)F. The van der Waals surface area contributed by atoms with Gasteiger partial charge in [0.1, 0.15) is 0 Å². The van der Waals surface area contributed by atoms with Crippen LogP contribution in [-0.4, -0.2) is 6.30 Å². The lowest BCUT2D eigenvalue weighted by Crippen LogP contribution is -2.57. The van der Waals surface area contributed by atoms with Gasteiger partial charge < -0.3 is 0 Å². The molecule has 0 heterocycles. The fraction of sp³-hybridized carbons (Fsp3) is 0.0526. The second kappa shape index (κ2) is 7.35. The third-order valence-corrected chi connectivity index (χ3v) is 3.55. The Hall–Kier alpha value is -3.22. The van der Waals surface area contributed by atoms with Gasteiger partial charge >= 0.3 is 6.30 Å². The van der Waals surface area contributed by atoms with Crippen LogP contribution >= 0.6 is 0 Å². The van der Waals surface area contributed by atoms with Gasteiger partial charge in [0.25, 0.3) is 0 Å². The number of nitrogens with zero attached hydrogens (tertiary/aromatic N) is 3. The minimum absolute atomic E-state index is 0.0139. The summed E-state index contributed by atoms with van der Waals surface area (Å²) < 4.78 is 56.9. The van der Waals surface area contributed by atoms with Crippen LogP contribution in [0, 0.1) is 0 Å². The molecular weight excluding hydrogens is 346 g/mol. The summed E-state index contributed by atoms with van der Waals surface area (Å²) in [4.78, 5) is 0. The maximum absolute atomic E-state index is 15.2. The van der Waals surface area contributed by atoms with Gasteiger partial charge in [-0.15, -0.1) is 13.2 Å². The highest BCUT2D eigenvalue weighted by Gasteiger charge is 2.44. The van der Waals surface area contributed by atoms with Crippen LogP contribution in [0.5, 0.6) is 0 Å². The van der Waals surface area contributed by atoms with Crippen molar-refractivity contribution in [2.24, 2.45) is 0 Å². The van der Waals surface area contributed by atoms with E-state index in [1.54, 1.807) is 42.5 Å². The number of hydrogen-bond acceptors (Lipinski definition) is 3. The van der Waals surface area contributed by atoms with Gasteiger partial charge in [-0.3, -0.25) is 0 Å². The molecular formula is C19H15F4N3. The Morgan fingerprint density at radius 1 is 0.538 bits per heavy atom. The molecule has 0 bridgehead atoms. The molecule has 26 heavy (non-hydrogen) atoms. The zero-order chi connectivity index (χ0) is 18.6. The molecule has 3 aromatic carbocycles. The van der Waals surface area contributed by atoms with Crippen LogP contribution in [-0.2, 0) is 0 Å². The lowest BCUT2D eigenvalue weighted by atomic mass is 10.3. The molecule has 3 nitrogen and oxygen atoms in total. The molecule has 0 saturated heterocycles. The quantitative estimate of drug-likeness (QED) is 0.248. The van der Waals surface area contributed by atoms with E-state index in [1.807, 2.05) is 0 Å². The number of hydrazine groups is 2. The fourth-order valence-corrected chi connectivity index (χ4v) is 2.45. The molecule has 0 fully saturated rings. The summed E-state index contributed by atoms with van der Waals surface area (Å²) >= 11 is 0. The van der Waals surface area contributed by atoms with E-state index in [1.165, 1.54) is 48.5 Å². The minimum Gasteiger partial charge on any atom is -0.171 e. The average molecular weight is 361 g/mol. The lowest BCUT2D eigenvalue weighted by molar-refractivity contribution is -0.132. The molecule has 0 aliphatic rings. The number of benzene rings is 3. The molecule has 0 aliphatic carbocycles. The number of halogens is 4. The molecule has 134 valence electrons. The maximum Gasteiger partial charge on any atom is 0.505 e. The van der Waals surface area contributed by atoms with Crippen LogP contribution in [0.3, 0.4) is 0 Å². The van der Waals surface area contributed by atoms with E-state index in [9.17, 15) is 13.2 Å². The Morgan fingerprint density at radius 2 is 0.923 bits per heavy atom. The smallest absolute Gasteiger partial charge is 0.171 e. The second-order valence-electron chi connectivity index (χ2n) is 5.34. The summed E-state index contributed by atoms with van der Waals surface area (Å²) in [6, 6.07) is 22.1. The minimum atomic E-state index is -4.86. The highest BCUT2D eigenvalue weighted by molar-refractivity contribution is 5.63. The summed E-state index contributed by atoms with van der Waals surface area (Å²) in [5.74, 6) is 0. The Kier molecular flexibility index (Phi) is 4.97. The van der Waals surface area contributed by atoms with Gasteiger partial charge in [0, 0.05) is 0 Å². The van der Waals surface area contributed by atoms with Crippen molar-refractivity contribution in [1.82, 2.24) is 0 Å². The van der Waals surface area contributed by atoms with Gasteiger partial charge in [0.2, 0.25) is 0 Å². The molecule has 0 aromatic heterocycles. The molecule has 0 saturated carbocycles. The number of hydrogen-bond donors (Lipinski definition) is 0. The highest BCUT2D eigenvalue weighted by atomic mass is 19.4. The summed E-state index contributed by atoms with van der Waals surface area (Å²) in [6.45, 7) is 0. The van der Waals surface area contributed by atoms with E-state index in [-0.39, 0.29) is 27.3 Å². The van der Waals surface area contributed by atoms with E-state index in [0.717, 1.165) is 0 Å². The van der Waals surface area contributed by atoms with Gasteiger partial charge in [-0.05, 0) is 36.4 Å². The van der Waals surface area contributed by atoms with Gasteiger partial charge in [-0.25, -0.2) is 0 Å². The molecule has 0 radical (unpaired) electrons. The van der Waals surface area contributed by atoms with E-state index in [4.69, 9.17) is 0 Å². The van der Waals surface area contributed by atoms with Crippen LogP contribution in [0.15, 0.2) is 91.0 Å². The highest BCUT2D eigenvalue weighted by Crippen LogP contribution is 2.35. The number of alkyl halides is 3. The maximum atomic E-state index is 15.2. The standard InChI is InChI=1S/C19H15F4N3/c20-19(21,22)24(16-10-4-1-5-11-16)26(18-14-8-3-9-15-18)25(23)17-12-6-2-7-13-17/h1-15H. The Balaban J connectivity index is 2.15. The van der Waals surface area contributed by atoms with Crippen molar-refractivity contribution in [2.75, 3.05) is 15.4 Å². The molecule has 0 spiro atoms. The van der Waals surface area contributed by atoms with Crippen LogP contribution in [0.4, 0.5) is 34.7 Å². The first-order chi connectivity index (χ1) is 12.5. The fourth-order valence-electron chi connectivity index (χ4n) is 2.45. The molecule has 0 unspecified atom stereocenters. The second-order valence-corrected chi connectivity index (χ2v) is 5.34. The van der Waals surface area contributed by atoms with Crippen LogP contribution in [0.2, 0.25) is 0 Å². The molecule has 0 N–H and O–H groups in total. The lowest BCUT2D eigenvalue weighted by Gasteiger charge is -2.40. The Morgan fingerprint density at radius 3 is 1.35 bits per heavy atom. The van der Waals surface area contributed by atoms with Crippen molar-refractivity contribution in [2.45, 2.75) is 6.30 Å². The first-order valence-electron chi connectivity index (χ1n) is 7.76. The van der Waals surface area contributed by atoms with Gasteiger partial charge in [0.15, 0.2) is 0 Å². The molecule has 0 amide bonds. The zero-order valence-corrected chi connectivity index (χ0v) is 13.5. The van der Waals surface area contributed by atoms with Crippen molar-refractivity contribution < 1.29 is 17.7 Å². The first kappa shape index (κ1) is 17.6. The Labute approximate surface area is 148 Å². The molecule has 0 atom stereocenters. The molecule has 3 aromatic rings. The first-order valence-corrected chi connectivity index (χ1v) is 7.76. The van der Waals surface area contributed by atoms with Crippen molar-refractivity contribution in [3.05, 3.63) is 91.0 Å². The molecule has 3 rings (SSSR count). The van der Waals surface area contributed by atoms with Crippen molar-refractivity contribution in [3.63, 3.8) is 0 Å². The number of rotatable bonds is 5. The monoisotopic (exact) mass is 361 g/mol. The third-order valence-electron chi connectivity index (χ3n) is 3.55. The van der Waals surface area contributed by atoms with Crippen molar-refractivity contribution in [1.29, 1.82) is 0 Å². The van der Waals surface area contributed by atoms with Gasteiger partial charge in [0.05, 0.1) is 17.1 Å². The van der Waals surface area contributed by atoms with Gasteiger partial charge in [-0.1, -0.05) is 64.3 Å². The Bertz CT molecular complexity index is 810. The van der Waals surface area contributed by atoms with Crippen molar-refractivity contribution >= 4 is 17.1 Å². The number of para-hydroxylation sites is 3. The van der Waals surface area contributed by atoms with Crippen LogP contribution in [0.25, 0.3) is 0 Å². The summed E-state index contributed by atoms with van der Waals surface area (Å²) in [7, 11) is 0. The van der Waals surface area contributed by atoms with Crippen molar-refractivity contribution in [3.8, 4) is 0 Å². The number of anilines is 3. The van der Waals surface area contributed by atoms with Crippen LogP contribution in [0.1, 0.15) is 0 Å². The molecule has 0 aliphatic heterocycles. The van der Waals surface area contributed by atoms with E-state index >= 15 is 4.48 Å². The predicted octanol–water partition coefficient (Wildman–Crippen LogP) is 5.74. The third kappa shape index (κ3) is 3.72. The average Bonchev–Trinajstić information content (AvgIpc) is 2.66. The van der Waals surface area contributed by atoms with E-state index in [2.05, 4.69) is 0 Å². The van der Waals surface area contributed by atoms with E-state index < -0.39 is 6.30 Å². The van der Waals surface area contributed by atoms with E-state index in [0.29, 0.717) is 5.12 Å². The summed E-state index contributed by atoms with van der Waals surface area (Å²) in [5.41, 5.74) is -0.246. The predicted molar refractivity (Wildman–Crippen MR) is 93.9 cm³/mol. The largest absolute Gasteiger partial charge is 0.505 e. The normalized spacial score (nSPS) is 11.1. The van der Waals surface area contributed by atoms with Crippen LogP contribution < -0.4 is 15.4 Å². The molecule has 7 heteroatoms.